The molecule has 0 aliphatic heterocycles. The highest BCUT2D eigenvalue weighted by Gasteiger charge is 2.27. The highest BCUT2D eigenvalue weighted by Crippen LogP contribution is 2.25. The number of hydrogen-bond donors (Lipinski definition) is 1. The van der Waals surface area contributed by atoms with Crippen LogP contribution >= 0.6 is 0 Å². The summed E-state index contributed by atoms with van der Waals surface area (Å²) in [6.45, 7) is 2.21. The van der Waals surface area contributed by atoms with Crippen LogP contribution in [0.1, 0.15) is 5.56 Å². The lowest BCUT2D eigenvalue weighted by molar-refractivity contribution is -0.116. The monoisotopic (exact) mass is 547 g/mol. The number of nitrogens with one attached hydrogen (secondary N) is 1. The van der Waals surface area contributed by atoms with Crippen LogP contribution in [0, 0.1) is 6.92 Å². The van der Waals surface area contributed by atoms with Crippen molar-refractivity contribution in [2.75, 3.05) is 46.2 Å². The molecule has 4 rings (SSSR count). The van der Waals surface area contributed by atoms with Gasteiger partial charge in [0.1, 0.15) is 5.75 Å². The van der Waals surface area contributed by atoms with Gasteiger partial charge in [-0.05, 0) is 57.4 Å². The maximum atomic E-state index is 13.5. The van der Waals surface area contributed by atoms with Gasteiger partial charge < -0.3 is 9.64 Å². The van der Waals surface area contributed by atoms with E-state index in [1.165, 1.54) is 23.5 Å². The fraction of sp³-hybridized carbons (Fsp3) is 0.241. The van der Waals surface area contributed by atoms with Gasteiger partial charge in [0.25, 0.3) is 0 Å². The number of nitrogens with zero attached hydrogens (tertiary/aromatic N) is 4. The average molecular weight is 548 g/mol. The van der Waals surface area contributed by atoms with Crippen molar-refractivity contribution in [3.63, 3.8) is 0 Å². The van der Waals surface area contributed by atoms with Gasteiger partial charge in [0, 0.05) is 30.5 Å². The molecule has 204 valence electrons. The van der Waals surface area contributed by atoms with Gasteiger partial charge in [-0.1, -0.05) is 48.0 Å². The highest BCUT2D eigenvalue weighted by molar-refractivity contribution is 7.89. The van der Waals surface area contributed by atoms with E-state index >= 15 is 0 Å². The topological polar surface area (TPSA) is 96.8 Å². The second-order valence-electron chi connectivity index (χ2n) is 9.39. The summed E-state index contributed by atoms with van der Waals surface area (Å²) in [5.74, 6) is 0.352. The molecule has 0 fully saturated rings. The van der Waals surface area contributed by atoms with Crippen LogP contribution in [0.5, 0.6) is 5.75 Å². The summed E-state index contributed by atoms with van der Waals surface area (Å²) in [4.78, 5) is 20.0. The number of methoxy groups -OCH3 is 1. The Labute approximate surface area is 229 Å². The third kappa shape index (κ3) is 6.91. The van der Waals surface area contributed by atoms with Gasteiger partial charge in [0.05, 0.1) is 24.2 Å². The number of carbonyl (C=O) groups is 1. The largest absolute Gasteiger partial charge is 0.497 e. The molecule has 0 bridgehead atoms. The number of anilines is 1. The number of aromatic nitrogens is 2. The van der Waals surface area contributed by atoms with E-state index in [1.807, 2.05) is 86.7 Å². The molecule has 39 heavy (non-hydrogen) atoms. The standard InChI is InChI=1S/C29H33N5O4S/c1-22-10-12-24(13-11-22)34-20-27(23-8-6-5-7-9-23)30-29(34)31-28(35)21-33(19-18-32(2)3)39(36,37)26-16-14-25(38-4)15-17-26/h5-17,20H,18-19,21H2,1-4H3,(H,30,31,35). The molecular formula is C29H33N5O4S. The second kappa shape index (κ2) is 12.2. The molecule has 3 aromatic carbocycles. The van der Waals surface area contributed by atoms with Crippen LogP contribution in [-0.4, -0.2) is 73.9 Å². The van der Waals surface area contributed by atoms with Crippen molar-refractivity contribution in [1.82, 2.24) is 18.8 Å². The second-order valence-corrected chi connectivity index (χ2v) is 11.3. The van der Waals surface area contributed by atoms with E-state index in [9.17, 15) is 13.2 Å². The molecule has 1 heterocycles. The summed E-state index contributed by atoms with van der Waals surface area (Å²) in [5.41, 5.74) is 3.50. The Morgan fingerprint density at radius 3 is 2.23 bits per heavy atom. The van der Waals surface area contributed by atoms with Crippen molar-refractivity contribution < 1.29 is 17.9 Å². The minimum absolute atomic E-state index is 0.0855. The zero-order valence-corrected chi connectivity index (χ0v) is 23.4. The molecule has 10 heteroatoms. The molecule has 4 aromatic rings. The first-order valence-electron chi connectivity index (χ1n) is 12.5. The average Bonchev–Trinajstić information content (AvgIpc) is 3.35. The van der Waals surface area contributed by atoms with Crippen LogP contribution in [0.2, 0.25) is 0 Å². The Morgan fingerprint density at radius 2 is 1.62 bits per heavy atom. The molecule has 0 radical (unpaired) electrons. The van der Waals surface area contributed by atoms with Gasteiger partial charge in [-0.25, -0.2) is 13.4 Å². The lowest BCUT2D eigenvalue weighted by atomic mass is 10.2. The van der Waals surface area contributed by atoms with Crippen LogP contribution in [0.4, 0.5) is 5.95 Å². The quantitative estimate of drug-likeness (QED) is 0.304. The Morgan fingerprint density at radius 1 is 0.949 bits per heavy atom. The fourth-order valence-electron chi connectivity index (χ4n) is 3.94. The molecule has 0 aliphatic carbocycles. The first kappa shape index (κ1) is 28.0. The summed E-state index contributed by atoms with van der Waals surface area (Å²) in [5, 5.41) is 2.85. The molecular weight excluding hydrogens is 514 g/mol. The number of benzene rings is 3. The third-order valence-corrected chi connectivity index (χ3v) is 8.01. The van der Waals surface area contributed by atoms with Gasteiger partial charge >= 0.3 is 0 Å². The SMILES string of the molecule is COc1ccc(S(=O)(=O)N(CCN(C)C)CC(=O)Nc2nc(-c3ccccc3)cn2-c2ccc(C)cc2)cc1. The van der Waals surface area contributed by atoms with E-state index in [2.05, 4.69) is 10.3 Å². The van der Waals surface area contributed by atoms with Gasteiger partial charge in [-0.3, -0.25) is 14.7 Å². The van der Waals surface area contributed by atoms with Crippen LogP contribution < -0.4 is 10.1 Å². The number of hydrogen-bond acceptors (Lipinski definition) is 6. The molecule has 0 saturated heterocycles. The summed E-state index contributed by atoms with van der Waals surface area (Å²) < 4.78 is 35.1. The zero-order chi connectivity index (χ0) is 28.0. The number of sulfonamides is 1. The number of carbonyl (C=O) groups excluding carboxylic acids is 1. The number of amides is 1. The lowest BCUT2D eigenvalue weighted by Crippen LogP contribution is -2.41. The Hall–Kier alpha value is -3.99. The Bertz CT molecular complexity index is 1500. The van der Waals surface area contributed by atoms with Gasteiger partial charge in [-0.2, -0.15) is 4.31 Å². The van der Waals surface area contributed by atoms with Crippen molar-refractivity contribution in [2.24, 2.45) is 0 Å². The fourth-order valence-corrected chi connectivity index (χ4v) is 5.32. The van der Waals surface area contributed by atoms with E-state index < -0.39 is 15.9 Å². The van der Waals surface area contributed by atoms with E-state index in [4.69, 9.17) is 4.74 Å². The molecule has 0 aliphatic rings. The van der Waals surface area contributed by atoms with Crippen LogP contribution in [0.15, 0.2) is 90.0 Å². The smallest absolute Gasteiger partial charge is 0.243 e. The van der Waals surface area contributed by atoms with Crippen molar-refractivity contribution in [1.29, 1.82) is 0 Å². The zero-order valence-electron chi connectivity index (χ0n) is 22.5. The minimum atomic E-state index is -3.95. The van der Waals surface area contributed by atoms with Crippen LogP contribution in [0.3, 0.4) is 0 Å². The first-order valence-corrected chi connectivity index (χ1v) is 13.9. The molecule has 9 nitrogen and oxygen atoms in total. The predicted molar refractivity (Wildman–Crippen MR) is 153 cm³/mol. The molecule has 1 amide bonds. The normalized spacial score (nSPS) is 11.6. The van der Waals surface area contributed by atoms with Crippen molar-refractivity contribution in [2.45, 2.75) is 11.8 Å². The maximum Gasteiger partial charge on any atom is 0.243 e. The van der Waals surface area contributed by atoms with E-state index in [0.29, 0.717) is 23.9 Å². The van der Waals surface area contributed by atoms with Crippen LogP contribution in [-0.2, 0) is 14.8 Å². The van der Waals surface area contributed by atoms with Gasteiger partial charge in [0.2, 0.25) is 21.9 Å². The van der Waals surface area contributed by atoms with Crippen LogP contribution in [0.25, 0.3) is 16.9 Å². The van der Waals surface area contributed by atoms with E-state index in [1.54, 1.807) is 16.7 Å². The molecule has 0 unspecified atom stereocenters. The Balaban J connectivity index is 1.63. The number of rotatable bonds is 11. The van der Waals surface area contributed by atoms with Crippen molar-refractivity contribution in [3.05, 3.63) is 90.6 Å². The summed E-state index contributed by atoms with van der Waals surface area (Å²) in [6, 6.07) is 23.6. The number of aryl methyl sites for hydroxylation is 1. The molecule has 1 aromatic heterocycles. The highest BCUT2D eigenvalue weighted by atomic mass is 32.2. The lowest BCUT2D eigenvalue weighted by Gasteiger charge is -2.23. The third-order valence-electron chi connectivity index (χ3n) is 6.15. The Kier molecular flexibility index (Phi) is 8.80. The molecule has 1 N–H and O–H groups in total. The molecule has 0 saturated carbocycles. The summed E-state index contributed by atoms with van der Waals surface area (Å²) in [6.07, 6.45) is 1.85. The van der Waals surface area contributed by atoms with E-state index in [-0.39, 0.29) is 18.0 Å². The van der Waals surface area contributed by atoms with Gasteiger partial charge in [0.15, 0.2) is 0 Å². The van der Waals surface area contributed by atoms with Crippen molar-refractivity contribution in [3.8, 4) is 22.7 Å². The molecule has 0 atom stereocenters. The minimum Gasteiger partial charge on any atom is -0.497 e. The number of imidazole rings is 1. The maximum absolute atomic E-state index is 13.5. The van der Waals surface area contributed by atoms with Gasteiger partial charge in [-0.15, -0.1) is 0 Å². The number of likely N-dealkylation sites (N-methyl/N-ethyl adjacent to an activating group) is 1. The van der Waals surface area contributed by atoms with Crippen molar-refractivity contribution >= 4 is 21.9 Å². The van der Waals surface area contributed by atoms with E-state index in [0.717, 1.165) is 16.8 Å². The number of ether oxygens (including phenoxy) is 1. The predicted octanol–water partition coefficient (Wildman–Crippen LogP) is 4.05. The summed E-state index contributed by atoms with van der Waals surface area (Å²) in [7, 11) is 1.26. The first-order chi connectivity index (χ1) is 18.7. The summed E-state index contributed by atoms with van der Waals surface area (Å²) >= 11 is 0. The molecule has 0 spiro atoms.